The number of anilines is 1. The van der Waals surface area contributed by atoms with Crippen LogP contribution in [0.2, 0.25) is 0 Å². The van der Waals surface area contributed by atoms with Gasteiger partial charge in [0.15, 0.2) is 0 Å². The van der Waals surface area contributed by atoms with Gasteiger partial charge in [-0.3, -0.25) is 0 Å². The van der Waals surface area contributed by atoms with E-state index in [1.54, 1.807) is 0 Å². The minimum atomic E-state index is 0.699. The first-order chi connectivity index (χ1) is 7.66. The Balaban J connectivity index is 2.13. The van der Waals surface area contributed by atoms with Crippen molar-refractivity contribution in [2.45, 2.75) is 25.3 Å². The third-order valence-corrected chi connectivity index (χ3v) is 3.37. The molecule has 1 aliphatic carbocycles. The molecule has 0 bridgehead atoms. The van der Waals surface area contributed by atoms with Crippen molar-refractivity contribution in [3.63, 3.8) is 0 Å². The zero-order chi connectivity index (χ0) is 11.5. The van der Waals surface area contributed by atoms with Crippen LogP contribution in [0.4, 0.5) is 5.69 Å². The van der Waals surface area contributed by atoms with Crippen LogP contribution in [-0.2, 0) is 0 Å². The second kappa shape index (κ2) is 4.71. The van der Waals surface area contributed by atoms with Crippen LogP contribution < -0.4 is 5.73 Å². The molecule has 0 saturated heterocycles. The van der Waals surface area contributed by atoms with Crippen LogP contribution in [0.25, 0.3) is 5.57 Å². The summed E-state index contributed by atoms with van der Waals surface area (Å²) in [5, 5.41) is 0. The molecule has 0 saturated carbocycles. The van der Waals surface area contributed by atoms with Crippen molar-refractivity contribution in [1.29, 1.82) is 0 Å². The van der Waals surface area contributed by atoms with E-state index in [0.29, 0.717) is 6.04 Å². The van der Waals surface area contributed by atoms with Crippen LogP contribution in [0.15, 0.2) is 30.3 Å². The lowest BCUT2D eigenvalue weighted by molar-refractivity contribution is 0.277. The number of rotatable bonds is 2. The van der Waals surface area contributed by atoms with Crippen molar-refractivity contribution < 1.29 is 0 Å². The van der Waals surface area contributed by atoms with Crippen molar-refractivity contribution in [3.8, 4) is 0 Å². The van der Waals surface area contributed by atoms with Crippen molar-refractivity contribution in [1.82, 2.24) is 4.90 Å². The Kier molecular flexibility index (Phi) is 3.30. The lowest BCUT2D eigenvalue weighted by Crippen LogP contribution is -2.28. The molecule has 86 valence electrons. The fourth-order valence-corrected chi connectivity index (χ4v) is 2.29. The first-order valence-corrected chi connectivity index (χ1v) is 5.88. The van der Waals surface area contributed by atoms with Crippen molar-refractivity contribution >= 4 is 11.3 Å². The van der Waals surface area contributed by atoms with Gasteiger partial charge in [-0.05, 0) is 56.6 Å². The number of benzene rings is 1. The summed E-state index contributed by atoms with van der Waals surface area (Å²) in [6.07, 6.45) is 5.92. The predicted octanol–water partition coefficient (Wildman–Crippen LogP) is 2.77. The first-order valence-electron chi connectivity index (χ1n) is 5.88. The first kappa shape index (κ1) is 11.2. The molecule has 1 aromatic carbocycles. The fourth-order valence-electron chi connectivity index (χ4n) is 2.29. The number of hydrogen-bond acceptors (Lipinski definition) is 2. The van der Waals surface area contributed by atoms with Gasteiger partial charge in [0.2, 0.25) is 0 Å². The Morgan fingerprint density at radius 1 is 1.31 bits per heavy atom. The van der Waals surface area contributed by atoms with Gasteiger partial charge >= 0.3 is 0 Å². The maximum Gasteiger partial charge on any atom is 0.0320 e. The van der Waals surface area contributed by atoms with E-state index in [0.717, 1.165) is 18.5 Å². The maximum atomic E-state index is 5.81. The minimum Gasteiger partial charge on any atom is -0.399 e. The van der Waals surface area contributed by atoms with Gasteiger partial charge in [0.25, 0.3) is 0 Å². The molecule has 0 spiro atoms. The number of nitrogens with two attached hydrogens (primary N) is 1. The smallest absolute Gasteiger partial charge is 0.0320 e. The van der Waals surface area contributed by atoms with E-state index in [2.05, 4.69) is 37.2 Å². The van der Waals surface area contributed by atoms with Crippen LogP contribution >= 0.6 is 0 Å². The molecule has 0 radical (unpaired) electrons. The molecule has 1 unspecified atom stereocenters. The van der Waals surface area contributed by atoms with E-state index in [1.165, 1.54) is 17.6 Å². The van der Waals surface area contributed by atoms with Crippen LogP contribution in [0.3, 0.4) is 0 Å². The number of allylic oxidation sites excluding steroid dienone is 1. The summed E-state index contributed by atoms with van der Waals surface area (Å²) in [6, 6.07) is 8.89. The van der Waals surface area contributed by atoms with E-state index >= 15 is 0 Å². The molecule has 0 fully saturated rings. The predicted molar refractivity (Wildman–Crippen MR) is 70.2 cm³/mol. The lowest BCUT2D eigenvalue weighted by atomic mass is 9.90. The van der Waals surface area contributed by atoms with E-state index in [9.17, 15) is 0 Å². The average Bonchev–Trinajstić information content (AvgIpc) is 2.29. The van der Waals surface area contributed by atoms with Gasteiger partial charge in [-0.15, -0.1) is 0 Å². The summed E-state index contributed by atoms with van der Waals surface area (Å²) in [7, 11) is 4.31. The van der Waals surface area contributed by atoms with Gasteiger partial charge in [0.05, 0.1) is 0 Å². The maximum absolute atomic E-state index is 5.81. The Morgan fingerprint density at radius 2 is 2.12 bits per heavy atom. The molecule has 2 nitrogen and oxygen atoms in total. The standard InChI is InChI=1S/C14H20N2/c1-16(2)14-8-6-11(7-9-14)12-4-3-5-13(15)10-12/h3-6,10,14H,7-9,15H2,1-2H3. The largest absolute Gasteiger partial charge is 0.399 e. The third-order valence-electron chi connectivity index (χ3n) is 3.37. The number of nitrogens with zero attached hydrogens (tertiary/aromatic N) is 1. The fraction of sp³-hybridized carbons (Fsp3) is 0.429. The molecule has 16 heavy (non-hydrogen) atoms. The Labute approximate surface area is 97.8 Å². The van der Waals surface area contributed by atoms with E-state index in [1.807, 2.05) is 12.1 Å². The zero-order valence-electron chi connectivity index (χ0n) is 10.1. The summed E-state index contributed by atoms with van der Waals surface area (Å²) in [6.45, 7) is 0. The topological polar surface area (TPSA) is 29.3 Å². The quantitative estimate of drug-likeness (QED) is 0.770. The van der Waals surface area contributed by atoms with E-state index in [-0.39, 0.29) is 0 Å². The molecule has 0 aliphatic heterocycles. The SMILES string of the molecule is CN(C)C1CC=C(c2cccc(N)c2)CC1. The Bertz CT molecular complexity index is 393. The van der Waals surface area contributed by atoms with Crippen LogP contribution in [0.1, 0.15) is 24.8 Å². The summed E-state index contributed by atoms with van der Waals surface area (Å²) in [5.41, 5.74) is 9.40. The summed E-state index contributed by atoms with van der Waals surface area (Å²) < 4.78 is 0. The van der Waals surface area contributed by atoms with Gasteiger partial charge in [-0.25, -0.2) is 0 Å². The molecule has 1 aromatic rings. The van der Waals surface area contributed by atoms with Gasteiger partial charge in [-0.2, -0.15) is 0 Å². The van der Waals surface area contributed by atoms with Crippen LogP contribution in [-0.4, -0.2) is 25.0 Å². The highest BCUT2D eigenvalue weighted by molar-refractivity contribution is 5.68. The molecule has 2 rings (SSSR count). The molecule has 0 aromatic heterocycles. The highest BCUT2D eigenvalue weighted by Gasteiger charge is 2.16. The van der Waals surface area contributed by atoms with Gasteiger partial charge in [0, 0.05) is 11.7 Å². The van der Waals surface area contributed by atoms with Crippen molar-refractivity contribution in [3.05, 3.63) is 35.9 Å². The summed E-state index contributed by atoms with van der Waals surface area (Å²) in [4.78, 5) is 2.31. The minimum absolute atomic E-state index is 0.699. The van der Waals surface area contributed by atoms with E-state index in [4.69, 9.17) is 5.73 Å². The summed E-state index contributed by atoms with van der Waals surface area (Å²) >= 11 is 0. The molecular formula is C14H20N2. The number of hydrogen-bond donors (Lipinski definition) is 1. The molecular weight excluding hydrogens is 196 g/mol. The van der Waals surface area contributed by atoms with Crippen LogP contribution in [0.5, 0.6) is 0 Å². The molecule has 0 amide bonds. The lowest BCUT2D eigenvalue weighted by Gasteiger charge is -2.27. The highest BCUT2D eigenvalue weighted by Crippen LogP contribution is 2.29. The third kappa shape index (κ3) is 2.45. The van der Waals surface area contributed by atoms with Gasteiger partial charge in [0.1, 0.15) is 0 Å². The average molecular weight is 216 g/mol. The Hall–Kier alpha value is -1.28. The number of nitrogen functional groups attached to an aromatic ring is 1. The molecule has 0 heterocycles. The van der Waals surface area contributed by atoms with E-state index < -0.39 is 0 Å². The van der Waals surface area contributed by atoms with Gasteiger partial charge in [-0.1, -0.05) is 18.2 Å². The second-order valence-corrected chi connectivity index (χ2v) is 4.75. The molecule has 1 aliphatic rings. The van der Waals surface area contributed by atoms with Crippen molar-refractivity contribution in [2.75, 3.05) is 19.8 Å². The molecule has 2 N–H and O–H groups in total. The van der Waals surface area contributed by atoms with Crippen molar-refractivity contribution in [2.24, 2.45) is 0 Å². The second-order valence-electron chi connectivity index (χ2n) is 4.75. The van der Waals surface area contributed by atoms with Crippen LogP contribution in [0, 0.1) is 0 Å². The molecule has 2 heteroatoms. The molecule has 1 atom stereocenters. The highest BCUT2D eigenvalue weighted by atomic mass is 15.1. The van der Waals surface area contributed by atoms with Gasteiger partial charge < -0.3 is 10.6 Å². The zero-order valence-corrected chi connectivity index (χ0v) is 10.1. The monoisotopic (exact) mass is 216 g/mol. The Morgan fingerprint density at radius 3 is 2.69 bits per heavy atom. The summed E-state index contributed by atoms with van der Waals surface area (Å²) in [5.74, 6) is 0. The normalized spacial score (nSPS) is 20.9.